The number of hydrogen-bond donors (Lipinski definition) is 1. The van der Waals surface area contributed by atoms with Crippen molar-refractivity contribution >= 4 is 29.3 Å². The van der Waals surface area contributed by atoms with Crippen molar-refractivity contribution in [3.8, 4) is 5.75 Å². The quantitative estimate of drug-likeness (QED) is 0.508. The molecule has 0 saturated carbocycles. The Morgan fingerprint density at radius 2 is 2.24 bits per heavy atom. The van der Waals surface area contributed by atoms with Gasteiger partial charge < -0.3 is 9.84 Å². The third kappa shape index (κ3) is 3.18. The van der Waals surface area contributed by atoms with E-state index in [9.17, 15) is 14.9 Å². The van der Waals surface area contributed by atoms with E-state index in [1.165, 1.54) is 13.2 Å². The van der Waals surface area contributed by atoms with Gasteiger partial charge in [-0.3, -0.25) is 10.1 Å². The van der Waals surface area contributed by atoms with Crippen molar-refractivity contribution in [1.82, 2.24) is 0 Å². The molecule has 0 aliphatic carbocycles. The largest absolute Gasteiger partial charge is 0.495 e. The van der Waals surface area contributed by atoms with Gasteiger partial charge in [0.05, 0.1) is 22.6 Å². The molecule has 0 saturated heterocycles. The van der Waals surface area contributed by atoms with Crippen LogP contribution in [0.5, 0.6) is 5.75 Å². The minimum atomic E-state index is -1.20. The molecular formula is C10H8ClNO5. The van der Waals surface area contributed by atoms with Crippen LogP contribution in [-0.2, 0) is 4.79 Å². The fourth-order valence-electron chi connectivity index (χ4n) is 1.17. The summed E-state index contributed by atoms with van der Waals surface area (Å²) in [7, 11) is 1.36. The number of carboxylic acid groups (broad SMARTS) is 1. The van der Waals surface area contributed by atoms with E-state index in [0.29, 0.717) is 0 Å². The average molecular weight is 258 g/mol. The van der Waals surface area contributed by atoms with Gasteiger partial charge in [0.15, 0.2) is 0 Å². The number of methoxy groups -OCH3 is 1. The van der Waals surface area contributed by atoms with Crippen molar-refractivity contribution in [1.29, 1.82) is 0 Å². The minimum Gasteiger partial charge on any atom is -0.495 e. The first-order valence-electron chi connectivity index (χ1n) is 4.38. The number of ether oxygens (including phenoxy) is 1. The second-order valence-electron chi connectivity index (χ2n) is 2.97. The SMILES string of the molecule is COc1cc(C=CC(=O)O)c([N+](=O)[O-])cc1Cl. The highest BCUT2D eigenvalue weighted by atomic mass is 35.5. The molecule has 1 aromatic rings. The van der Waals surface area contributed by atoms with Crippen LogP contribution in [0.3, 0.4) is 0 Å². The maximum Gasteiger partial charge on any atom is 0.328 e. The number of nitro groups is 1. The lowest BCUT2D eigenvalue weighted by Gasteiger charge is -2.04. The number of hydrogen-bond acceptors (Lipinski definition) is 4. The minimum absolute atomic E-state index is 0.0895. The predicted octanol–water partition coefficient (Wildman–Crippen LogP) is 2.35. The molecule has 0 unspecified atom stereocenters. The maximum absolute atomic E-state index is 10.7. The van der Waals surface area contributed by atoms with Crippen LogP contribution in [0.15, 0.2) is 18.2 Å². The topological polar surface area (TPSA) is 89.7 Å². The first kappa shape index (κ1) is 13.0. The molecule has 17 heavy (non-hydrogen) atoms. The van der Waals surface area contributed by atoms with Crippen LogP contribution in [0.2, 0.25) is 5.02 Å². The van der Waals surface area contributed by atoms with Gasteiger partial charge in [0.2, 0.25) is 0 Å². The fourth-order valence-corrected chi connectivity index (χ4v) is 1.40. The molecular weight excluding hydrogens is 250 g/mol. The Morgan fingerprint density at radius 3 is 2.71 bits per heavy atom. The Kier molecular flexibility index (Phi) is 4.06. The van der Waals surface area contributed by atoms with Gasteiger partial charge in [0, 0.05) is 12.1 Å². The third-order valence-electron chi connectivity index (χ3n) is 1.90. The number of nitrogens with zero attached hydrogens (tertiary/aromatic N) is 1. The lowest BCUT2D eigenvalue weighted by Crippen LogP contribution is -1.95. The Labute approximate surface area is 101 Å². The highest BCUT2D eigenvalue weighted by Crippen LogP contribution is 2.32. The Bertz CT molecular complexity index is 498. The normalized spacial score (nSPS) is 10.5. The lowest BCUT2D eigenvalue weighted by atomic mass is 10.1. The summed E-state index contributed by atoms with van der Waals surface area (Å²) in [5.41, 5.74) is -0.174. The number of halogens is 1. The van der Waals surface area contributed by atoms with Crippen molar-refractivity contribution < 1.29 is 19.6 Å². The lowest BCUT2D eigenvalue weighted by molar-refractivity contribution is -0.385. The van der Waals surface area contributed by atoms with Crippen molar-refractivity contribution in [2.75, 3.05) is 7.11 Å². The number of nitro benzene ring substituents is 1. The van der Waals surface area contributed by atoms with Gasteiger partial charge in [-0.15, -0.1) is 0 Å². The molecule has 0 radical (unpaired) electrons. The van der Waals surface area contributed by atoms with Gasteiger partial charge in [-0.25, -0.2) is 4.79 Å². The predicted molar refractivity (Wildman–Crippen MR) is 61.3 cm³/mol. The summed E-state index contributed by atoms with van der Waals surface area (Å²) in [6, 6.07) is 2.42. The Balaban J connectivity index is 3.33. The summed E-state index contributed by atoms with van der Waals surface area (Å²) in [5.74, 6) is -0.962. The first-order valence-corrected chi connectivity index (χ1v) is 4.76. The zero-order chi connectivity index (χ0) is 13.0. The van der Waals surface area contributed by atoms with Crippen LogP contribution >= 0.6 is 11.6 Å². The second-order valence-corrected chi connectivity index (χ2v) is 3.38. The van der Waals surface area contributed by atoms with E-state index >= 15 is 0 Å². The number of aliphatic carboxylic acids is 1. The average Bonchev–Trinajstić information content (AvgIpc) is 2.26. The molecule has 7 heteroatoms. The molecule has 1 aromatic carbocycles. The zero-order valence-corrected chi connectivity index (χ0v) is 9.47. The van der Waals surface area contributed by atoms with Gasteiger partial charge in [0.25, 0.3) is 5.69 Å². The van der Waals surface area contributed by atoms with E-state index in [2.05, 4.69) is 0 Å². The van der Waals surface area contributed by atoms with Gasteiger partial charge in [0.1, 0.15) is 5.75 Å². The molecule has 0 spiro atoms. The molecule has 0 amide bonds. The second kappa shape index (κ2) is 5.31. The van der Waals surface area contributed by atoms with Gasteiger partial charge >= 0.3 is 5.97 Å². The molecule has 0 aromatic heterocycles. The number of carboxylic acids is 1. The summed E-state index contributed by atoms with van der Waals surface area (Å²) < 4.78 is 4.89. The molecule has 0 aliphatic rings. The molecule has 0 fully saturated rings. The molecule has 0 heterocycles. The first-order chi connectivity index (χ1) is 7.95. The van der Waals surface area contributed by atoms with Crippen LogP contribution in [-0.4, -0.2) is 23.1 Å². The van der Waals surface area contributed by atoms with Gasteiger partial charge in [-0.2, -0.15) is 0 Å². The Hall–Kier alpha value is -2.08. The summed E-state index contributed by atoms with van der Waals surface area (Å²) >= 11 is 5.74. The van der Waals surface area contributed by atoms with Crippen molar-refractivity contribution in [2.45, 2.75) is 0 Å². The van der Waals surface area contributed by atoms with E-state index in [4.69, 9.17) is 21.4 Å². The van der Waals surface area contributed by atoms with Crippen molar-refractivity contribution in [3.63, 3.8) is 0 Å². The van der Waals surface area contributed by atoms with Crippen LogP contribution in [0, 0.1) is 10.1 Å². The molecule has 0 aliphatic heterocycles. The van der Waals surface area contributed by atoms with E-state index < -0.39 is 10.9 Å². The van der Waals surface area contributed by atoms with E-state index in [0.717, 1.165) is 18.2 Å². The summed E-state index contributed by atoms with van der Waals surface area (Å²) in [4.78, 5) is 20.5. The molecule has 6 nitrogen and oxygen atoms in total. The molecule has 90 valence electrons. The Morgan fingerprint density at radius 1 is 1.59 bits per heavy atom. The van der Waals surface area contributed by atoms with Crippen LogP contribution in [0.1, 0.15) is 5.56 Å². The van der Waals surface area contributed by atoms with Gasteiger partial charge in [-0.05, 0) is 12.1 Å². The number of rotatable bonds is 4. The molecule has 1 N–H and O–H groups in total. The van der Waals surface area contributed by atoms with Crippen molar-refractivity contribution in [3.05, 3.63) is 38.9 Å². The maximum atomic E-state index is 10.7. The summed E-state index contributed by atoms with van der Waals surface area (Å²) in [6.45, 7) is 0. The van der Waals surface area contributed by atoms with Crippen molar-refractivity contribution in [2.24, 2.45) is 0 Å². The highest BCUT2D eigenvalue weighted by Gasteiger charge is 2.16. The smallest absolute Gasteiger partial charge is 0.328 e. The fraction of sp³-hybridized carbons (Fsp3) is 0.100. The highest BCUT2D eigenvalue weighted by molar-refractivity contribution is 6.32. The van der Waals surface area contributed by atoms with E-state index in [-0.39, 0.29) is 22.0 Å². The number of benzene rings is 1. The third-order valence-corrected chi connectivity index (χ3v) is 2.20. The van der Waals surface area contributed by atoms with Crippen LogP contribution < -0.4 is 4.74 Å². The standard InChI is InChI=1S/C10H8ClNO5/c1-17-9-4-6(2-3-10(13)14)8(12(15)16)5-7(9)11/h2-5H,1H3,(H,13,14). The van der Waals surface area contributed by atoms with Crippen LogP contribution in [0.4, 0.5) is 5.69 Å². The van der Waals surface area contributed by atoms with E-state index in [1.54, 1.807) is 0 Å². The van der Waals surface area contributed by atoms with E-state index in [1.807, 2.05) is 0 Å². The molecule has 1 rings (SSSR count). The number of carbonyl (C=O) groups is 1. The molecule has 0 bridgehead atoms. The summed E-state index contributed by atoms with van der Waals surface area (Å²) in [5, 5.41) is 19.3. The zero-order valence-electron chi connectivity index (χ0n) is 8.71. The van der Waals surface area contributed by atoms with Gasteiger partial charge in [-0.1, -0.05) is 11.6 Å². The van der Waals surface area contributed by atoms with Crippen LogP contribution in [0.25, 0.3) is 6.08 Å². The summed E-state index contributed by atoms with van der Waals surface area (Å²) in [6.07, 6.45) is 1.91. The molecule has 0 atom stereocenters. The monoisotopic (exact) mass is 257 g/mol.